The van der Waals surface area contributed by atoms with Gasteiger partial charge < -0.3 is 20.2 Å². The fourth-order valence-corrected chi connectivity index (χ4v) is 3.96. The van der Waals surface area contributed by atoms with Crippen molar-refractivity contribution in [1.29, 1.82) is 0 Å². The molecular weight excluding hydrogens is 324 g/mol. The summed E-state index contributed by atoms with van der Waals surface area (Å²) in [6, 6.07) is 11.0. The van der Waals surface area contributed by atoms with Crippen LogP contribution in [0.5, 0.6) is 0 Å². The molecule has 0 amide bonds. The maximum Gasteiger partial charge on any atom is 0.140 e. The van der Waals surface area contributed by atoms with Gasteiger partial charge in [0.15, 0.2) is 0 Å². The minimum Gasteiger partial charge on any atom is -0.343 e. The SMILES string of the molecule is CNC1CCc2[nH]c3nc(Nc4ccc5ncn(C)c5c4)ccc3c2C1. The lowest BCUT2D eigenvalue weighted by Gasteiger charge is -2.21. The van der Waals surface area contributed by atoms with Gasteiger partial charge in [0.1, 0.15) is 11.5 Å². The molecule has 1 atom stereocenters. The van der Waals surface area contributed by atoms with Gasteiger partial charge in [0.25, 0.3) is 0 Å². The minimum absolute atomic E-state index is 0.560. The van der Waals surface area contributed by atoms with Crippen LogP contribution in [0.2, 0.25) is 0 Å². The van der Waals surface area contributed by atoms with Crippen molar-refractivity contribution in [3.63, 3.8) is 0 Å². The maximum atomic E-state index is 4.81. The number of aryl methyl sites for hydroxylation is 2. The molecule has 0 aliphatic heterocycles. The summed E-state index contributed by atoms with van der Waals surface area (Å²) < 4.78 is 2.02. The second-order valence-electron chi connectivity index (χ2n) is 7.09. The molecule has 0 saturated carbocycles. The number of rotatable bonds is 3. The Bertz CT molecular complexity index is 1110. The van der Waals surface area contributed by atoms with Crippen LogP contribution in [0.1, 0.15) is 17.7 Å². The van der Waals surface area contributed by atoms with Crippen molar-refractivity contribution in [2.45, 2.75) is 25.3 Å². The van der Waals surface area contributed by atoms with Crippen LogP contribution in [0.3, 0.4) is 0 Å². The van der Waals surface area contributed by atoms with Crippen molar-refractivity contribution in [1.82, 2.24) is 24.8 Å². The number of nitrogens with one attached hydrogen (secondary N) is 3. The molecule has 0 fully saturated rings. The second-order valence-corrected chi connectivity index (χ2v) is 7.09. The Balaban J connectivity index is 1.48. The first-order chi connectivity index (χ1) is 12.7. The molecule has 26 heavy (non-hydrogen) atoms. The number of likely N-dealkylation sites (N-methyl/N-ethyl adjacent to an activating group) is 1. The Hall–Kier alpha value is -2.86. The predicted octanol–water partition coefficient (Wildman–Crippen LogP) is 3.27. The van der Waals surface area contributed by atoms with Crippen LogP contribution >= 0.6 is 0 Å². The number of aromatic nitrogens is 4. The van der Waals surface area contributed by atoms with Crippen LogP contribution < -0.4 is 10.6 Å². The molecule has 1 unspecified atom stereocenters. The van der Waals surface area contributed by atoms with E-state index in [1.165, 1.54) is 23.1 Å². The fourth-order valence-electron chi connectivity index (χ4n) is 3.96. The zero-order chi connectivity index (χ0) is 17.7. The lowest BCUT2D eigenvalue weighted by atomic mass is 9.92. The van der Waals surface area contributed by atoms with Gasteiger partial charge in [-0.25, -0.2) is 9.97 Å². The summed E-state index contributed by atoms with van der Waals surface area (Å²) in [4.78, 5) is 12.7. The smallest absolute Gasteiger partial charge is 0.140 e. The highest BCUT2D eigenvalue weighted by Gasteiger charge is 2.21. The van der Waals surface area contributed by atoms with E-state index in [2.05, 4.69) is 38.8 Å². The van der Waals surface area contributed by atoms with Gasteiger partial charge in [0, 0.05) is 29.9 Å². The van der Waals surface area contributed by atoms with Crippen molar-refractivity contribution in [2.75, 3.05) is 12.4 Å². The molecule has 0 saturated heterocycles. The van der Waals surface area contributed by atoms with E-state index in [0.29, 0.717) is 6.04 Å². The van der Waals surface area contributed by atoms with Crippen LogP contribution in [0.15, 0.2) is 36.7 Å². The lowest BCUT2D eigenvalue weighted by molar-refractivity contribution is 0.495. The van der Waals surface area contributed by atoms with E-state index in [0.717, 1.165) is 41.0 Å². The highest BCUT2D eigenvalue weighted by atomic mass is 15.0. The molecule has 6 heteroatoms. The van der Waals surface area contributed by atoms with Gasteiger partial charge >= 0.3 is 0 Å². The molecule has 3 heterocycles. The van der Waals surface area contributed by atoms with Crippen LogP contribution in [0, 0.1) is 0 Å². The van der Waals surface area contributed by atoms with Gasteiger partial charge in [-0.05, 0) is 62.2 Å². The van der Waals surface area contributed by atoms with E-state index in [4.69, 9.17) is 4.98 Å². The zero-order valence-electron chi connectivity index (χ0n) is 15.0. The van der Waals surface area contributed by atoms with Gasteiger partial charge in [0.2, 0.25) is 0 Å². The number of imidazole rings is 1. The Kier molecular flexibility index (Phi) is 3.46. The largest absolute Gasteiger partial charge is 0.343 e. The number of aromatic amines is 1. The first-order valence-electron chi connectivity index (χ1n) is 9.07. The third-order valence-corrected chi connectivity index (χ3v) is 5.45. The van der Waals surface area contributed by atoms with Crippen molar-refractivity contribution in [2.24, 2.45) is 7.05 Å². The second kappa shape index (κ2) is 5.85. The predicted molar refractivity (Wildman–Crippen MR) is 105 cm³/mol. The molecule has 0 radical (unpaired) electrons. The van der Waals surface area contributed by atoms with Crippen LogP contribution in [0.4, 0.5) is 11.5 Å². The highest BCUT2D eigenvalue weighted by Crippen LogP contribution is 2.30. The van der Waals surface area contributed by atoms with Crippen molar-refractivity contribution < 1.29 is 0 Å². The Morgan fingerprint density at radius 2 is 2.15 bits per heavy atom. The van der Waals surface area contributed by atoms with E-state index in [-0.39, 0.29) is 0 Å². The van der Waals surface area contributed by atoms with E-state index in [9.17, 15) is 0 Å². The summed E-state index contributed by atoms with van der Waals surface area (Å²) >= 11 is 0. The first kappa shape index (κ1) is 15.4. The summed E-state index contributed by atoms with van der Waals surface area (Å²) in [5.74, 6) is 0.850. The lowest BCUT2D eigenvalue weighted by Crippen LogP contribution is -2.31. The standard InChI is InChI=1S/C20H22N6/c1-21-12-3-6-16-15(9-12)14-5-8-19(25-20(14)24-16)23-13-4-7-17-18(10-13)26(2)11-22-17/h4-5,7-8,10-12,21H,3,6,9H2,1-2H3,(H2,23,24,25). The summed E-state index contributed by atoms with van der Waals surface area (Å²) in [5.41, 5.74) is 6.84. The molecule has 4 aromatic rings. The number of benzene rings is 1. The molecule has 132 valence electrons. The molecule has 0 bridgehead atoms. The number of hydrogen-bond acceptors (Lipinski definition) is 4. The third kappa shape index (κ3) is 2.45. The molecular formula is C20H22N6. The number of hydrogen-bond donors (Lipinski definition) is 3. The summed E-state index contributed by atoms with van der Waals surface area (Å²) in [5, 5.41) is 8.07. The number of fused-ring (bicyclic) bond motifs is 4. The number of pyridine rings is 1. The van der Waals surface area contributed by atoms with Crippen LogP contribution in [0.25, 0.3) is 22.1 Å². The van der Waals surface area contributed by atoms with Gasteiger partial charge in [0.05, 0.1) is 17.4 Å². The minimum atomic E-state index is 0.560. The van der Waals surface area contributed by atoms with Gasteiger partial charge in [-0.3, -0.25) is 0 Å². The number of H-pyrrole nitrogens is 1. The first-order valence-corrected chi connectivity index (χ1v) is 9.07. The molecule has 6 nitrogen and oxygen atoms in total. The van der Waals surface area contributed by atoms with E-state index in [1.807, 2.05) is 37.1 Å². The molecule has 1 aliphatic rings. The van der Waals surface area contributed by atoms with E-state index < -0.39 is 0 Å². The molecule has 0 spiro atoms. The zero-order valence-corrected chi connectivity index (χ0v) is 15.0. The quantitative estimate of drug-likeness (QED) is 0.532. The van der Waals surface area contributed by atoms with Gasteiger partial charge in [-0.2, -0.15) is 0 Å². The average Bonchev–Trinajstić information content (AvgIpc) is 3.21. The fraction of sp³-hybridized carbons (Fsp3) is 0.300. The van der Waals surface area contributed by atoms with Crippen molar-refractivity contribution in [3.05, 3.63) is 47.9 Å². The topological polar surface area (TPSA) is 70.6 Å². The monoisotopic (exact) mass is 346 g/mol. The molecule has 3 N–H and O–H groups in total. The number of anilines is 2. The van der Waals surface area contributed by atoms with Gasteiger partial charge in [-0.1, -0.05) is 0 Å². The summed E-state index contributed by atoms with van der Waals surface area (Å²) in [7, 11) is 4.05. The Morgan fingerprint density at radius 3 is 3.04 bits per heavy atom. The van der Waals surface area contributed by atoms with E-state index in [1.54, 1.807) is 0 Å². The average molecular weight is 346 g/mol. The molecule has 1 aromatic carbocycles. The summed E-state index contributed by atoms with van der Waals surface area (Å²) in [6.45, 7) is 0. The Labute approximate surface area is 151 Å². The van der Waals surface area contributed by atoms with E-state index >= 15 is 0 Å². The Morgan fingerprint density at radius 1 is 1.23 bits per heavy atom. The van der Waals surface area contributed by atoms with Crippen molar-refractivity contribution in [3.8, 4) is 0 Å². The highest BCUT2D eigenvalue weighted by molar-refractivity contribution is 5.85. The molecule has 5 rings (SSSR count). The number of nitrogens with zero attached hydrogens (tertiary/aromatic N) is 3. The normalized spacial score (nSPS) is 16.9. The van der Waals surface area contributed by atoms with Gasteiger partial charge in [-0.15, -0.1) is 0 Å². The molecule has 1 aliphatic carbocycles. The van der Waals surface area contributed by atoms with Crippen LogP contribution in [-0.4, -0.2) is 32.6 Å². The van der Waals surface area contributed by atoms with Crippen LogP contribution in [-0.2, 0) is 19.9 Å². The summed E-state index contributed by atoms with van der Waals surface area (Å²) in [6.07, 6.45) is 5.15. The third-order valence-electron chi connectivity index (χ3n) is 5.45. The van der Waals surface area contributed by atoms with Crippen molar-refractivity contribution >= 4 is 33.6 Å². The molecule has 3 aromatic heterocycles. The maximum absolute atomic E-state index is 4.81.